The molecule has 2 aliphatic rings. The van der Waals surface area contributed by atoms with Crippen molar-refractivity contribution in [1.82, 2.24) is 0 Å². The number of Topliss-reactive ketones (excluding diaryl/α,β-unsaturated/α-hetero) is 2. The molecule has 0 aromatic heterocycles. The van der Waals surface area contributed by atoms with Crippen molar-refractivity contribution in [3.8, 4) is 5.75 Å². The highest BCUT2D eigenvalue weighted by atomic mass is 16.5. The number of fused-ring (bicyclic) bond motifs is 2. The van der Waals surface area contributed by atoms with Crippen LogP contribution >= 0.6 is 0 Å². The van der Waals surface area contributed by atoms with E-state index in [0.717, 1.165) is 0 Å². The van der Waals surface area contributed by atoms with Crippen molar-refractivity contribution < 1.29 is 19.1 Å². The number of anilines is 1. The number of ether oxygens (including phenoxy) is 1. The average Bonchev–Trinajstić information content (AvgIpc) is 2.84. The summed E-state index contributed by atoms with van der Waals surface area (Å²) in [5.74, 6) is -0.937. The third-order valence-corrected chi connectivity index (χ3v) is 5.44. The van der Waals surface area contributed by atoms with E-state index >= 15 is 0 Å². The van der Waals surface area contributed by atoms with Crippen LogP contribution in [0.5, 0.6) is 5.75 Å². The molecular formula is C17H19NO4. The van der Waals surface area contributed by atoms with E-state index in [1.807, 2.05) is 13.8 Å². The van der Waals surface area contributed by atoms with Crippen LogP contribution in [0.2, 0.25) is 0 Å². The van der Waals surface area contributed by atoms with Crippen LogP contribution in [0.25, 0.3) is 0 Å². The Hall–Kier alpha value is -2.17. The first-order valence-corrected chi connectivity index (χ1v) is 7.39. The van der Waals surface area contributed by atoms with Crippen LogP contribution in [0.3, 0.4) is 0 Å². The molecule has 0 spiro atoms. The molecule has 2 aliphatic carbocycles. The van der Waals surface area contributed by atoms with Gasteiger partial charge >= 0.3 is 0 Å². The minimum Gasteiger partial charge on any atom is -0.497 e. The third kappa shape index (κ3) is 1.68. The van der Waals surface area contributed by atoms with Gasteiger partial charge in [0.15, 0.2) is 0 Å². The zero-order chi connectivity index (χ0) is 16.1. The van der Waals surface area contributed by atoms with Gasteiger partial charge in [-0.05, 0) is 42.5 Å². The van der Waals surface area contributed by atoms with Gasteiger partial charge in [-0.1, -0.05) is 13.8 Å². The summed E-state index contributed by atoms with van der Waals surface area (Å²) in [5.41, 5.74) is -1.27. The summed E-state index contributed by atoms with van der Waals surface area (Å²) in [7, 11) is 1.57. The maximum Gasteiger partial charge on any atom is 0.239 e. The average molecular weight is 301 g/mol. The van der Waals surface area contributed by atoms with E-state index in [-0.39, 0.29) is 17.6 Å². The van der Waals surface area contributed by atoms with Crippen molar-refractivity contribution in [3.63, 3.8) is 0 Å². The van der Waals surface area contributed by atoms with E-state index in [0.29, 0.717) is 24.3 Å². The van der Waals surface area contributed by atoms with Gasteiger partial charge in [0.05, 0.1) is 7.11 Å². The van der Waals surface area contributed by atoms with Crippen LogP contribution in [0.1, 0.15) is 26.7 Å². The van der Waals surface area contributed by atoms with Gasteiger partial charge in [-0.25, -0.2) is 0 Å². The summed E-state index contributed by atoms with van der Waals surface area (Å²) >= 11 is 0. The second-order valence-corrected chi connectivity index (χ2v) is 6.59. The number of carbonyl (C=O) groups is 3. The van der Waals surface area contributed by atoms with E-state index in [1.165, 1.54) is 0 Å². The first-order chi connectivity index (χ1) is 10.3. The number of carbonyl (C=O) groups excluding carboxylic acids is 3. The lowest BCUT2D eigenvalue weighted by Gasteiger charge is -2.33. The molecule has 1 amide bonds. The van der Waals surface area contributed by atoms with Crippen LogP contribution in [-0.2, 0) is 14.4 Å². The fourth-order valence-corrected chi connectivity index (χ4v) is 4.00. The molecule has 5 nitrogen and oxygen atoms in total. The number of benzene rings is 1. The number of amides is 1. The standard InChI is InChI=1S/C17H19NO4/c1-16(2)12-8-9-17(16,14(20)13(12)19)15(21)18-10-4-6-11(22-3)7-5-10/h4-7,12H,8-9H2,1-3H3,(H,18,21). The summed E-state index contributed by atoms with van der Waals surface area (Å²) in [6, 6.07) is 6.90. The van der Waals surface area contributed by atoms with Gasteiger partial charge < -0.3 is 10.1 Å². The molecule has 2 atom stereocenters. The smallest absolute Gasteiger partial charge is 0.239 e. The SMILES string of the molecule is COc1ccc(NC(=O)C23CCC(C(=O)C2=O)C3(C)C)cc1. The monoisotopic (exact) mass is 301 g/mol. The van der Waals surface area contributed by atoms with Gasteiger partial charge in [-0.3, -0.25) is 14.4 Å². The molecule has 3 rings (SSSR count). The minimum atomic E-state index is -1.23. The molecule has 2 unspecified atom stereocenters. The maximum atomic E-state index is 12.8. The fourth-order valence-electron chi connectivity index (χ4n) is 4.00. The molecule has 1 N–H and O–H groups in total. The molecule has 0 aliphatic heterocycles. The van der Waals surface area contributed by atoms with E-state index in [4.69, 9.17) is 4.74 Å². The first kappa shape index (κ1) is 14.8. The highest BCUT2D eigenvalue weighted by Crippen LogP contribution is 2.62. The van der Waals surface area contributed by atoms with Gasteiger partial charge in [-0.2, -0.15) is 0 Å². The van der Waals surface area contributed by atoms with Crippen molar-refractivity contribution in [2.45, 2.75) is 26.7 Å². The van der Waals surface area contributed by atoms with Gasteiger partial charge in [0.2, 0.25) is 17.5 Å². The van der Waals surface area contributed by atoms with Crippen molar-refractivity contribution >= 4 is 23.2 Å². The Bertz CT molecular complexity index is 662. The predicted octanol–water partition coefficient (Wildman–Crippen LogP) is 2.21. The van der Waals surface area contributed by atoms with Crippen molar-refractivity contribution in [1.29, 1.82) is 0 Å². The minimum absolute atomic E-state index is 0.332. The second-order valence-electron chi connectivity index (χ2n) is 6.59. The maximum absolute atomic E-state index is 12.8. The zero-order valence-electron chi connectivity index (χ0n) is 12.9. The zero-order valence-corrected chi connectivity index (χ0v) is 12.9. The van der Waals surface area contributed by atoms with Gasteiger partial charge in [-0.15, -0.1) is 0 Å². The number of hydrogen-bond donors (Lipinski definition) is 1. The topological polar surface area (TPSA) is 72.5 Å². The Morgan fingerprint density at radius 2 is 1.86 bits per heavy atom. The molecule has 2 saturated carbocycles. The Balaban J connectivity index is 1.90. The van der Waals surface area contributed by atoms with Crippen LogP contribution in [0, 0.1) is 16.7 Å². The molecule has 0 saturated heterocycles. The van der Waals surface area contributed by atoms with Crippen molar-refractivity contribution in [2.24, 2.45) is 16.7 Å². The van der Waals surface area contributed by atoms with Crippen molar-refractivity contribution in [2.75, 3.05) is 12.4 Å². The largest absolute Gasteiger partial charge is 0.497 e. The fraction of sp³-hybridized carbons (Fsp3) is 0.471. The first-order valence-electron chi connectivity index (χ1n) is 7.39. The second kappa shape index (κ2) is 4.66. The van der Waals surface area contributed by atoms with Crippen LogP contribution in [0.15, 0.2) is 24.3 Å². The van der Waals surface area contributed by atoms with E-state index in [1.54, 1.807) is 31.4 Å². The number of rotatable bonds is 3. The quantitative estimate of drug-likeness (QED) is 0.686. The third-order valence-electron chi connectivity index (χ3n) is 5.44. The number of ketones is 2. The molecule has 0 radical (unpaired) electrons. The molecule has 5 heteroatoms. The Labute approximate surface area is 129 Å². The Kier molecular flexibility index (Phi) is 3.13. The lowest BCUT2D eigenvalue weighted by molar-refractivity contribution is -0.147. The number of nitrogens with one attached hydrogen (secondary N) is 1. The molecule has 1 aromatic rings. The summed E-state index contributed by atoms with van der Waals surface area (Å²) in [6.45, 7) is 3.70. The summed E-state index contributed by atoms with van der Waals surface area (Å²) in [5, 5.41) is 2.79. The number of methoxy groups -OCH3 is 1. The molecular weight excluding hydrogens is 282 g/mol. The van der Waals surface area contributed by atoms with E-state index in [9.17, 15) is 14.4 Å². The van der Waals surface area contributed by atoms with Crippen molar-refractivity contribution in [3.05, 3.63) is 24.3 Å². The Morgan fingerprint density at radius 3 is 2.36 bits per heavy atom. The molecule has 1 aromatic carbocycles. The van der Waals surface area contributed by atoms with Crippen LogP contribution in [0.4, 0.5) is 5.69 Å². The summed E-state index contributed by atoms with van der Waals surface area (Å²) in [6.07, 6.45) is 1.05. The molecule has 22 heavy (non-hydrogen) atoms. The normalized spacial score (nSPS) is 28.8. The van der Waals surface area contributed by atoms with Gasteiger partial charge in [0, 0.05) is 11.6 Å². The summed E-state index contributed by atoms with van der Waals surface area (Å²) < 4.78 is 5.07. The van der Waals surface area contributed by atoms with E-state index < -0.39 is 16.6 Å². The van der Waals surface area contributed by atoms with Crippen LogP contribution < -0.4 is 10.1 Å². The Morgan fingerprint density at radius 1 is 1.23 bits per heavy atom. The van der Waals surface area contributed by atoms with E-state index in [2.05, 4.69) is 5.32 Å². The lowest BCUT2D eigenvalue weighted by atomic mass is 9.68. The predicted molar refractivity (Wildman–Crippen MR) is 80.6 cm³/mol. The van der Waals surface area contributed by atoms with Gasteiger partial charge in [0.25, 0.3) is 0 Å². The highest BCUT2D eigenvalue weighted by Gasteiger charge is 2.72. The lowest BCUT2D eigenvalue weighted by Crippen LogP contribution is -2.47. The molecule has 2 fully saturated rings. The summed E-state index contributed by atoms with van der Waals surface area (Å²) in [4.78, 5) is 37.3. The van der Waals surface area contributed by atoms with Crippen LogP contribution in [-0.4, -0.2) is 24.6 Å². The molecule has 2 bridgehead atoms. The molecule has 0 heterocycles. The molecule has 116 valence electrons. The van der Waals surface area contributed by atoms with Gasteiger partial charge in [0.1, 0.15) is 11.2 Å². The number of hydrogen-bond acceptors (Lipinski definition) is 4. The highest BCUT2D eigenvalue weighted by molar-refractivity contribution is 6.48.